The molecule has 1 aromatic rings. The Balaban J connectivity index is 0.00000400. The molecule has 2 N–H and O–H groups in total. The molecule has 0 amide bonds. The number of hydrogen-bond donors (Lipinski definition) is 2. The minimum absolute atomic E-state index is 0. The molecule has 0 aliphatic carbocycles. The summed E-state index contributed by atoms with van der Waals surface area (Å²) in [7, 11) is 0. The van der Waals surface area contributed by atoms with Crippen LogP contribution >= 0.6 is 35.7 Å². The van der Waals surface area contributed by atoms with E-state index in [0.29, 0.717) is 0 Å². The second-order valence-corrected chi connectivity index (χ2v) is 5.79. The molecule has 21 heavy (non-hydrogen) atoms. The molecule has 0 heterocycles. The summed E-state index contributed by atoms with van der Waals surface area (Å²) >= 11 is 1.91. The summed E-state index contributed by atoms with van der Waals surface area (Å²) in [5.74, 6) is 2.15. The topological polar surface area (TPSA) is 36.4 Å². The van der Waals surface area contributed by atoms with Crippen molar-refractivity contribution in [3.8, 4) is 0 Å². The minimum atomic E-state index is 0. The number of halogens is 1. The van der Waals surface area contributed by atoms with E-state index in [1.807, 2.05) is 11.8 Å². The van der Waals surface area contributed by atoms with Crippen LogP contribution in [0.15, 0.2) is 29.3 Å². The SMILES string of the molecule is CCNC(=NCc1ccc(C)cc1)NCCCCSC.I. The van der Waals surface area contributed by atoms with Crippen molar-refractivity contribution in [2.24, 2.45) is 4.99 Å². The number of nitrogens with zero attached hydrogens (tertiary/aromatic N) is 1. The minimum Gasteiger partial charge on any atom is -0.357 e. The monoisotopic (exact) mass is 421 g/mol. The van der Waals surface area contributed by atoms with Crippen molar-refractivity contribution in [3.63, 3.8) is 0 Å². The molecule has 0 fully saturated rings. The second-order valence-electron chi connectivity index (χ2n) is 4.81. The van der Waals surface area contributed by atoms with E-state index in [1.54, 1.807) is 0 Å². The van der Waals surface area contributed by atoms with Crippen molar-refractivity contribution < 1.29 is 0 Å². The van der Waals surface area contributed by atoms with Crippen LogP contribution in [0.2, 0.25) is 0 Å². The molecule has 0 atom stereocenters. The van der Waals surface area contributed by atoms with Gasteiger partial charge in [0.2, 0.25) is 0 Å². The summed E-state index contributed by atoms with van der Waals surface area (Å²) in [5.41, 5.74) is 2.53. The van der Waals surface area contributed by atoms with Crippen LogP contribution in [0.5, 0.6) is 0 Å². The van der Waals surface area contributed by atoms with Crippen LogP contribution in [0.1, 0.15) is 30.9 Å². The smallest absolute Gasteiger partial charge is 0.191 e. The number of guanidine groups is 1. The fourth-order valence-corrected chi connectivity index (χ4v) is 2.28. The van der Waals surface area contributed by atoms with Gasteiger partial charge in [-0.15, -0.1) is 24.0 Å². The molecule has 3 nitrogen and oxygen atoms in total. The van der Waals surface area contributed by atoms with Crippen molar-refractivity contribution >= 4 is 41.7 Å². The number of aliphatic imine (C=N–C) groups is 1. The van der Waals surface area contributed by atoms with Gasteiger partial charge in [-0.2, -0.15) is 11.8 Å². The third kappa shape index (κ3) is 10.0. The fraction of sp³-hybridized carbons (Fsp3) is 0.562. The van der Waals surface area contributed by atoms with Gasteiger partial charge < -0.3 is 10.6 Å². The lowest BCUT2D eigenvalue weighted by atomic mass is 10.1. The van der Waals surface area contributed by atoms with E-state index in [4.69, 9.17) is 0 Å². The molecule has 0 saturated heterocycles. The molecule has 1 aromatic carbocycles. The van der Waals surface area contributed by atoms with Crippen LogP contribution in [0.25, 0.3) is 0 Å². The molecule has 0 bridgehead atoms. The van der Waals surface area contributed by atoms with Gasteiger partial charge in [-0.05, 0) is 44.3 Å². The molecule has 1 rings (SSSR count). The third-order valence-electron chi connectivity index (χ3n) is 2.95. The van der Waals surface area contributed by atoms with E-state index in [0.717, 1.165) is 25.6 Å². The van der Waals surface area contributed by atoms with E-state index >= 15 is 0 Å². The van der Waals surface area contributed by atoms with Gasteiger partial charge in [0.1, 0.15) is 0 Å². The molecule has 0 unspecified atom stereocenters. The number of rotatable bonds is 8. The van der Waals surface area contributed by atoms with Crippen molar-refractivity contribution in [1.82, 2.24) is 10.6 Å². The number of aryl methyl sites for hydroxylation is 1. The first-order valence-electron chi connectivity index (χ1n) is 7.33. The molecular weight excluding hydrogens is 393 g/mol. The zero-order valence-electron chi connectivity index (χ0n) is 13.3. The summed E-state index contributed by atoms with van der Waals surface area (Å²) < 4.78 is 0. The summed E-state index contributed by atoms with van der Waals surface area (Å²) in [6, 6.07) is 8.54. The lowest BCUT2D eigenvalue weighted by Crippen LogP contribution is -2.37. The van der Waals surface area contributed by atoms with Crippen LogP contribution in [0.3, 0.4) is 0 Å². The predicted molar refractivity (Wildman–Crippen MR) is 107 cm³/mol. The number of benzene rings is 1. The molecule has 0 saturated carbocycles. The first kappa shape index (κ1) is 20.6. The Morgan fingerprint density at radius 3 is 2.48 bits per heavy atom. The van der Waals surface area contributed by atoms with E-state index in [2.05, 4.69) is 60.0 Å². The fourth-order valence-electron chi connectivity index (χ4n) is 1.78. The first-order chi connectivity index (χ1) is 9.76. The van der Waals surface area contributed by atoms with Gasteiger partial charge in [-0.25, -0.2) is 4.99 Å². The van der Waals surface area contributed by atoms with Gasteiger partial charge in [0.25, 0.3) is 0 Å². The van der Waals surface area contributed by atoms with Gasteiger partial charge in [-0.3, -0.25) is 0 Å². The molecule has 0 aliphatic heterocycles. The van der Waals surface area contributed by atoms with Crippen LogP contribution in [-0.2, 0) is 6.54 Å². The van der Waals surface area contributed by atoms with Crippen LogP contribution in [-0.4, -0.2) is 31.1 Å². The molecule has 5 heteroatoms. The lowest BCUT2D eigenvalue weighted by molar-refractivity contribution is 0.734. The Hall–Kier alpha value is -0.430. The zero-order chi connectivity index (χ0) is 14.6. The highest BCUT2D eigenvalue weighted by Gasteiger charge is 1.97. The Morgan fingerprint density at radius 1 is 1.14 bits per heavy atom. The highest BCUT2D eigenvalue weighted by Crippen LogP contribution is 2.04. The average Bonchev–Trinajstić information content (AvgIpc) is 2.46. The van der Waals surface area contributed by atoms with E-state index < -0.39 is 0 Å². The van der Waals surface area contributed by atoms with Crippen LogP contribution < -0.4 is 10.6 Å². The average molecular weight is 421 g/mol. The predicted octanol–water partition coefficient (Wildman–Crippen LogP) is 3.81. The normalized spacial score (nSPS) is 10.9. The maximum absolute atomic E-state index is 4.62. The van der Waals surface area contributed by atoms with Crippen LogP contribution in [0, 0.1) is 6.92 Å². The Kier molecular flexibility index (Phi) is 13.0. The van der Waals surface area contributed by atoms with Crippen molar-refractivity contribution in [2.45, 2.75) is 33.2 Å². The van der Waals surface area contributed by atoms with E-state index in [-0.39, 0.29) is 24.0 Å². The number of nitrogens with one attached hydrogen (secondary N) is 2. The third-order valence-corrected chi connectivity index (χ3v) is 3.65. The Morgan fingerprint density at radius 2 is 1.86 bits per heavy atom. The first-order valence-corrected chi connectivity index (χ1v) is 8.72. The van der Waals surface area contributed by atoms with Gasteiger partial charge in [-0.1, -0.05) is 29.8 Å². The standard InChI is InChI=1S/C16H27N3S.HI/c1-4-17-16(18-11-5-6-12-20-3)19-13-15-9-7-14(2)8-10-15;/h7-10H,4-6,11-13H2,1-3H3,(H2,17,18,19);1H. The van der Waals surface area contributed by atoms with Gasteiger partial charge in [0.05, 0.1) is 6.54 Å². The molecule has 120 valence electrons. The summed E-state index contributed by atoms with van der Waals surface area (Å²) in [4.78, 5) is 4.62. The number of hydrogen-bond acceptors (Lipinski definition) is 2. The molecule has 0 aliphatic rings. The summed E-state index contributed by atoms with van der Waals surface area (Å²) in [6.07, 6.45) is 4.60. The summed E-state index contributed by atoms with van der Waals surface area (Å²) in [6.45, 7) is 6.80. The van der Waals surface area contributed by atoms with Gasteiger partial charge in [0, 0.05) is 13.1 Å². The van der Waals surface area contributed by atoms with Crippen molar-refractivity contribution in [1.29, 1.82) is 0 Å². The lowest BCUT2D eigenvalue weighted by Gasteiger charge is -2.11. The second kappa shape index (κ2) is 13.2. The molecule has 0 spiro atoms. The molecular formula is C16H28IN3S. The maximum Gasteiger partial charge on any atom is 0.191 e. The van der Waals surface area contributed by atoms with E-state index in [1.165, 1.54) is 29.7 Å². The Labute approximate surface area is 150 Å². The van der Waals surface area contributed by atoms with Crippen molar-refractivity contribution in [3.05, 3.63) is 35.4 Å². The van der Waals surface area contributed by atoms with Gasteiger partial charge >= 0.3 is 0 Å². The number of unbranched alkanes of at least 4 members (excludes halogenated alkanes) is 1. The molecule has 0 aromatic heterocycles. The highest BCUT2D eigenvalue weighted by atomic mass is 127. The summed E-state index contributed by atoms with van der Waals surface area (Å²) in [5, 5.41) is 6.68. The quantitative estimate of drug-likeness (QED) is 0.290. The highest BCUT2D eigenvalue weighted by molar-refractivity contribution is 14.0. The Bertz CT molecular complexity index is 393. The molecule has 0 radical (unpaired) electrons. The van der Waals surface area contributed by atoms with Crippen molar-refractivity contribution in [2.75, 3.05) is 25.1 Å². The largest absolute Gasteiger partial charge is 0.357 e. The zero-order valence-corrected chi connectivity index (χ0v) is 16.5. The number of thioether (sulfide) groups is 1. The van der Waals surface area contributed by atoms with Crippen LogP contribution in [0.4, 0.5) is 0 Å². The maximum atomic E-state index is 4.62. The van der Waals surface area contributed by atoms with Gasteiger partial charge in [0.15, 0.2) is 5.96 Å². The van der Waals surface area contributed by atoms with E-state index in [9.17, 15) is 0 Å².